The van der Waals surface area contributed by atoms with Crippen LogP contribution >= 0.6 is 0 Å². The molecule has 0 bridgehead atoms. The molecule has 1 N–H and O–H groups in total. The highest BCUT2D eigenvalue weighted by Gasteiger charge is 2.40. The molecule has 6 nitrogen and oxygen atoms in total. The molecule has 0 fully saturated rings. The number of hydrogen-bond donors (Lipinski definition) is 1. The highest BCUT2D eigenvalue weighted by Crippen LogP contribution is 2.35. The van der Waals surface area contributed by atoms with Gasteiger partial charge in [-0.25, -0.2) is 13.2 Å². The van der Waals surface area contributed by atoms with Gasteiger partial charge in [0, 0.05) is 12.1 Å². The normalized spacial score (nSPS) is 16.6. The van der Waals surface area contributed by atoms with Gasteiger partial charge in [0.05, 0.1) is 12.0 Å². The molecule has 1 heterocycles. The van der Waals surface area contributed by atoms with Crippen LogP contribution in [0.15, 0.2) is 34.9 Å². The standard InChI is InChI=1S/C14H17NO5S/c1-3-4-9-15-12(14(17)20-2)13(16)10-7-5-6-8-11(10)21(15,18)19/h5-8,16H,3-4,9H2,1-2H3. The van der Waals surface area contributed by atoms with E-state index in [1.54, 1.807) is 12.1 Å². The largest absolute Gasteiger partial charge is 0.505 e. The number of unbranched alkanes of at least 4 members (excludes halogenated alkanes) is 1. The number of nitrogens with zero attached hydrogens (tertiary/aromatic N) is 1. The second kappa shape index (κ2) is 5.77. The van der Waals surface area contributed by atoms with Crippen molar-refractivity contribution >= 4 is 21.8 Å². The lowest BCUT2D eigenvalue weighted by Crippen LogP contribution is -2.39. The summed E-state index contributed by atoms with van der Waals surface area (Å²) in [7, 11) is -2.73. The summed E-state index contributed by atoms with van der Waals surface area (Å²) in [5.74, 6) is -1.25. The van der Waals surface area contributed by atoms with Crippen LogP contribution in [0.3, 0.4) is 0 Å². The number of carbonyl (C=O) groups excluding carboxylic acids is 1. The van der Waals surface area contributed by atoms with E-state index in [4.69, 9.17) is 0 Å². The van der Waals surface area contributed by atoms with E-state index >= 15 is 0 Å². The van der Waals surface area contributed by atoms with Gasteiger partial charge in [0.15, 0.2) is 11.5 Å². The molecule has 0 spiro atoms. The Labute approximate surface area is 123 Å². The van der Waals surface area contributed by atoms with E-state index in [1.165, 1.54) is 12.1 Å². The number of aliphatic hydroxyl groups is 1. The number of sulfonamides is 1. The first-order chi connectivity index (χ1) is 9.95. The van der Waals surface area contributed by atoms with Gasteiger partial charge in [0.1, 0.15) is 0 Å². The Kier molecular flexibility index (Phi) is 4.22. The Balaban J connectivity index is 2.69. The Hall–Kier alpha value is -2.02. The maximum absolute atomic E-state index is 12.7. The third-order valence-corrected chi connectivity index (χ3v) is 5.13. The van der Waals surface area contributed by atoms with Gasteiger partial charge < -0.3 is 9.84 Å². The maximum atomic E-state index is 12.7. The average molecular weight is 311 g/mol. The first kappa shape index (κ1) is 15.4. The van der Waals surface area contributed by atoms with E-state index in [0.29, 0.717) is 6.42 Å². The molecule has 0 saturated carbocycles. The summed E-state index contributed by atoms with van der Waals surface area (Å²) in [6.07, 6.45) is 1.32. The smallest absolute Gasteiger partial charge is 0.359 e. The summed E-state index contributed by atoms with van der Waals surface area (Å²) in [6, 6.07) is 6.04. The van der Waals surface area contributed by atoms with Crippen molar-refractivity contribution < 1.29 is 23.1 Å². The summed E-state index contributed by atoms with van der Waals surface area (Å²) in [5, 5.41) is 10.3. The van der Waals surface area contributed by atoms with Gasteiger partial charge in [-0.05, 0) is 18.6 Å². The molecule has 2 rings (SSSR count). The Bertz CT molecular complexity index is 693. The fraction of sp³-hybridized carbons (Fsp3) is 0.357. The molecule has 0 unspecified atom stereocenters. The van der Waals surface area contributed by atoms with Crippen molar-refractivity contribution in [3.63, 3.8) is 0 Å². The molecular weight excluding hydrogens is 294 g/mol. The summed E-state index contributed by atoms with van der Waals surface area (Å²) in [4.78, 5) is 11.9. The molecular formula is C14H17NO5S. The Morgan fingerprint density at radius 3 is 2.62 bits per heavy atom. The van der Waals surface area contributed by atoms with Gasteiger partial charge in [-0.2, -0.15) is 0 Å². The van der Waals surface area contributed by atoms with Gasteiger partial charge in [-0.15, -0.1) is 0 Å². The minimum absolute atomic E-state index is 0.00810. The van der Waals surface area contributed by atoms with Gasteiger partial charge in [0.2, 0.25) is 0 Å². The second-order valence-electron chi connectivity index (χ2n) is 4.62. The van der Waals surface area contributed by atoms with Crippen LogP contribution in [0.2, 0.25) is 0 Å². The van der Waals surface area contributed by atoms with E-state index < -0.39 is 16.0 Å². The molecule has 0 radical (unpaired) electrons. The number of rotatable bonds is 4. The SMILES string of the molecule is CCCCN1C(C(=O)OC)=C(O)c2ccccc2S1(=O)=O. The van der Waals surface area contributed by atoms with Crippen molar-refractivity contribution in [1.29, 1.82) is 0 Å². The topological polar surface area (TPSA) is 83.9 Å². The lowest BCUT2D eigenvalue weighted by molar-refractivity contribution is -0.137. The molecule has 0 aliphatic carbocycles. The molecule has 0 atom stereocenters. The zero-order chi connectivity index (χ0) is 15.6. The van der Waals surface area contributed by atoms with Gasteiger partial charge >= 0.3 is 5.97 Å². The molecule has 0 aromatic heterocycles. The maximum Gasteiger partial charge on any atom is 0.359 e. The Morgan fingerprint density at radius 2 is 2.00 bits per heavy atom. The number of esters is 1. The number of ether oxygens (including phenoxy) is 1. The number of methoxy groups -OCH3 is 1. The van der Waals surface area contributed by atoms with Crippen LogP contribution in [0, 0.1) is 0 Å². The van der Waals surface area contributed by atoms with Crippen molar-refractivity contribution in [2.45, 2.75) is 24.7 Å². The number of aliphatic hydroxyl groups excluding tert-OH is 1. The lowest BCUT2D eigenvalue weighted by Gasteiger charge is -2.30. The summed E-state index contributed by atoms with van der Waals surface area (Å²) in [5.41, 5.74) is -0.213. The molecule has 0 saturated heterocycles. The van der Waals surface area contributed by atoms with Crippen molar-refractivity contribution in [2.24, 2.45) is 0 Å². The number of benzene rings is 1. The molecule has 1 aromatic carbocycles. The molecule has 1 aromatic rings. The molecule has 114 valence electrons. The minimum Gasteiger partial charge on any atom is -0.505 e. The monoisotopic (exact) mass is 311 g/mol. The van der Waals surface area contributed by atoms with Crippen LogP contribution in [-0.4, -0.2) is 37.5 Å². The van der Waals surface area contributed by atoms with Crippen LogP contribution in [0.4, 0.5) is 0 Å². The van der Waals surface area contributed by atoms with E-state index in [0.717, 1.165) is 17.8 Å². The van der Waals surface area contributed by atoms with Crippen molar-refractivity contribution in [3.05, 3.63) is 35.5 Å². The molecule has 0 amide bonds. The quantitative estimate of drug-likeness (QED) is 0.858. The number of fused-ring (bicyclic) bond motifs is 1. The van der Waals surface area contributed by atoms with E-state index in [-0.39, 0.29) is 28.5 Å². The van der Waals surface area contributed by atoms with E-state index in [9.17, 15) is 18.3 Å². The van der Waals surface area contributed by atoms with Crippen molar-refractivity contribution in [2.75, 3.05) is 13.7 Å². The van der Waals surface area contributed by atoms with Crippen molar-refractivity contribution in [1.82, 2.24) is 4.31 Å². The van der Waals surface area contributed by atoms with Gasteiger partial charge in [-0.3, -0.25) is 4.31 Å². The van der Waals surface area contributed by atoms with Crippen LogP contribution in [-0.2, 0) is 19.6 Å². The summed E-state index contributed by atoms with van der Waals surface area (Å²) in [6.45, 7) is 2.02. The molecule has 7 heteroatoms. The third kappa shape index (κ3) is 2.49. The lowest BCUT2D eigenvalue weighted by atomic mass is 10.1. The highest BCUT2D eigenvalue weighted by atomic mass is 32.2. The predicted octanol–water partition coefficient (Wildman–Crippen LogP) is 1.89. The zero-order valence-corrected chi connectivity index (χ0v) is 12.7. The molecule has 1 aliphatic heterocycles. The van der Waals surface area contributed by atoms with Crippen LogP contribution in [0.1, 0.15) is 25.3 Å². The van der Waals surface area contributed by atoms with E-state index in [1.807, 2.05) is 6.92 Å². The van der Waals surface area contributed by atoms with Gasteiger partial charge in [-0.1, -0.05) is 25.5 Å². The fourth-order valence-corrected chi connectivity index (χ4v) is 3.90. The number of hydrogen-bond acceptors (Lipinski definition) is 5. The van der Waals surface area contributed by atoms with Gasteiger partial charge in [0.25, 0.3) is 10.0 Å². The van der Waals surface area contributed by atoms with Crippen LogP contribution < -0.4 is 0 Å². The predicted molar refractivity (Wildman–Crippen MR) is 76.8 cm³/mol. The summed E-state index contributed by atoms with van der Waals surface area (Å²) >= 11 is 0. The highest BCUT2D eigenvalue weighted by molar-refractivity contribution is 7.89. The minimum atomic E-state index is -3.88. The van der Waals surface area contributed by atoms with Crippen molar-refractivity contribution in [3.8, 4) is 0 Å². The van der Waals surface area contributed by atoms with E-state index in [2.05, 4.69) is 4.74 Å². The number of carbonyl (C=O) groups is 1. The Morgan fingerprint density at radius 1 is 1.33 bits per heavy atom. The average Bonchev–Trinajstić information content (AvgIpc) is 2.49. The third-order valence-electron chi connectivity index (χ3n) is 3.28. The fourth-order valence-electron chi connectivity index (χ4n) is 2.20. The van der Waals surface area contributed by atoms with Crippen LogP contribution in [0.5, 0.6) is 0 Å². The summed E-state index contributed by atoms with van der Waals surface area (Å²) < 4.78 is 30.9. The first-order valence-electron chi connectivity index (χ1n) is 6.58. The first-order valence-corrected chi connectivity index (χ1v) is 8.02. The molecule has 21 heavy (non-hydrogen) atoms. The second-order valence-corrected chi connectivity index (χ2v) is 6.45. The molecule has 1 aliphatic rings. The van der Waals surface area contributed by atoms with Crippen LogP contribution in [0.25, 0.3) is 5.76 Å². The zero-order valence-electron chi connectivity index (χ0n) is 11.9.